The first kappa shape index (κ1) is 8.46. The molecule has 0 aliphatic heterocycles. The zero-order chi connectivity index (χ0) is 9.80. The average molecular weight is 179 g/mol. The summed E-state index contributed by atoms with van der Waals surface area (Å²) in [5, 5.41) is 8.89. The van der Waals surface area contributed by atoms with Crippen molar-refractivity contribution in [3.8, 4) is 17.3 Å². The van der Waals surface area contributed by atoms with Crippen molar-refractivity contribution < 1.29 is 0 Å². The number of benzene rings is 1. The summed E-state index contributed by atoms with van der Waals surface area (Å²) in [6.07, 6.45) is 1.60. The van der Waals surface area contributed by atoms with Crippen molar-refractivity contribution in [3.05, 3.63) is 54.2 Å². The van der Waals surface area contributed by atoms with Crippen molar-refractivity contribution >= 4 is 0 Å². The molecule has 0 saturated heterocycles. The van der Waals surface area contributed by atoms with Gasteiger partial charge < -0.3 is 0 Å². The molecule has 2 nitrogen and oxygen atoms in total. The molecule has 1 aromatic heterocycles. The molecule has 0 saturated carbocycles. The van der Waals surface area contributed by atoms with Gasteiger partial charge in [-0.2, -0.15) is 5.26 Å². The van der Waals surface area contributed by atoms with Gasteiger partial charge in [0.2, 0.25) is 0 Å². The van der Waals surface area contributed by atoms with E-state index in [-0.39, 0.29) is 0 Å². The van der Waals surface area contributed by atoms with Crippen molar-refractivity contribution in [3.63, 3.8) is 0 Å². The summed E-state index contributed by atoms with van der Waals surface area (Å²) in [7, 11) is 0. The maximum atomic E-state index is 8.89. The first-order chi connectivity index (χ1) is 6.92. The van der Waals surface area contributed by atoms with Crippen LogP contribution in [0.1, 0.15) is 5.56 Å². The Morgan fingerprint density at radius 1 is 1.21 bits per heavy atom. The third-order valence-corrected chi connectivity index (χ3v) is 1.94. The molecule has 2 heteroatoms. The Kier molecular flexibility index (Phi) is 2.24. The van der Waals surface area contributed by atoms with Gasteiger partial charge in [0.05, 0.1) is 17.3 Å². The molecule has 0 amide bonds. The fourth-order valence-corrected chi connectivity index (χ4v) is 1.28. The van der Waals surface area contributed by atoms with Crippen LogP contribution in [0.4, 0.5) is 0 Å². The Morgan fingerprint density at radius 3 is 2.79 bits per heavy atom. The van der Waals surface area contributed by atoms with Crippen LogP contribution in [0.3, 0.4) is 0 Å². The molecule has 0 spiro atoms. The van der Waals surface area contributed by atoms with Gasteiger partial charge in [0.25, 0.3) is 0 Å². The summed E-state index contributed by atoms with van der Waals surface area (Å²) in [6, 6.07) is 16.0. The molecule has 65 valence electrons. The monoisotopic (exact) mass is 179 g/mol. The predicted octanol–water partition coefficient (Wildman–Crippen LogP) is 2.42. The normalized spacial score (nSPS) is 9.36. The SMILES string of the molecule is N#Cc1ccccc1-c1cc[c]cn1. The predicted molar refractivity (Wildman–Crippen MR) is 53.2 cm³/mol. The molecule has 0 N–H and O–H groups in total. The lowest BCUT2D eigenvalue weighted by Gasteiger charge is -2.01. The Hall–Kier alpha value is -2.14. The zero-order valence-corrected chi connectivity index (χ0v) is 7.44. The maximum Gasteiger partial charge on any atom is 0.0998 e. The second-order valence-corrected chi connectivity index (χ2v) is 2.80. The minimum absolute atomic E-state index is 0.645. The third kappa shape index (κ3) is 1.48. The Bertz CT molecular complexity index is 469. The van der Waals surface area contributed by atoms with E-state index < -0.39 is 0 Å². The van der Waals surface area contributed by atoms with E-state index in [1.165, 1.54) is 0 Å². The lowest BCUT2D eigenvalue weighted by molar-refractivity contribution is 1.31. The van der Waals surface area contributed by atoms with Crippen LogP contribution in [0, 0.1) is 17.4 Å². The van der Waals surface area contributed by atoms with Crippen molar-refractivity contribution in [1.29, 1.82) is 5.26 Å². The Balaban J connectivity index is 2.58. The number of nitriles is 1. The van der Waals surface area contributed by atoms with Crippen LogP contribution < -0.4 is 0 Å². The summed E-state index contributed by atoms with van der Waals surface area (Å²) in [5.41, 5.74) is 2.32. The lowest BCUT2D eigenvalue weighted by Crippen LogP contribution is -1.85. The van der Waals surface area contributed by atoms with E-state index in [4.69, 9.17) is 5.26 Å². The topological polar surface area (TPSA) is 36.7 Å². The van der Waals surface area contributed by atoms with Gasteiger partial charge in [0, 0.05) is 17.8 Å². The van der Waals surface area contributed by atoms with Crippen molar-refractivity contribution in [1.82, 2.24) is 4.98 Å². The number of hydrogen-bond acceptors (Lipinski definition) is 2. The number of rotatable bonds is 1. The van der Waals surface area contributed by atoms with Gasteiger partial charge in [0.15, 0.2) is 0 Å². The minimum atomic E-state index is 0.645. The van der Waals surface area contributed by atoms with Crippen LogP contribution in [0.5, 0.6) is 0 Å². The molecule has 0 aliphatic carbocycles. The first-order valence-electron chi connectivity index (χ1n) is 4.23. The second-order valence-electron chi connectivity index (χ2n) is 2.80. The zero-order valence-electron chi connectivity index (χ0n) is 7.44. The van der Waals surface area contributed by atoms with Gasteiger partial charge in [-0.15, -0.1) is 0 Å². The van der Waals surface area contributed by atoms with Gasteiger partial charge in [-0.05, 0) is 12.1 Å². The van der Waals surface area contributed by atoms with Crippen LogP contribution in [-0.4, -0.2) is 4.98 Å². The standard InChI is InChI=1S/C12H7N2/c13-9-10-5-1-2-6-11(10)12-7-3-4-8-14-12/h1-3,5-8H. The van der Waals surface area contributed by atoms with Crippen LogP contribution in [0.15, 0.2) is 42.6 Å². The summed E-state index contributed by atoms with van der Waals surface area (Å²) in [6.45, 7) is 0. The van der Waals surface area contributed by atoms with E-state index in [1.54, 1.807) is 18.3 Å². The smallest absolute Gasteiger partial charge is 0.0998 e. The average Bonchev–Trinajstić information content (AvgIpc) is 2.30. The number of nitrogens with zero attached hydrogens (tertiary/aromatic N) is 2. The Labute approximate surface area is 82.5 Å². The summed E-state index contributed by atoms with van der Waals surface area (Å²) < 4.78 is 0. The number of pyridine rings is 1. The molecule has 1 heterocycles. The van der Waals surface area contributed by atoms with E-state index in [1.807, 2.05) is 24.3 Å². The molecule has 0 unspecified atom stereocenters. The van der Waals surface area contributed by atoms with Crippen LogP contribution >= 0.6 is 0 Å². The highest BCUT2D eigenvalue weighted by molar-refractivity contribution is 5.66. The second kappa shape index (κ2) is 3.71. The van der Waals surface area contributed by atoms with Gasteiger partial charge in [-0.25, -0.2) is 0 Å². The van der Waals surface area contributed by atoms with Gasteiger partial charge in [-0.3, -0.25) is 4.98 Å². The molecule has 2 rings (SSSR count). The highest BCUT2D eigenvalue weighted by Crippen LogP contribution is 2.19. The molecule has 1 aromatic carbocycles. The molecule has 2 aromatic rings. The van der Waals surface area contributed by atoms with E-state index in [0.717, 1.165) is 11.3 Å². The molecule has 0 fully saturated rings. The van der Waals surface area contributed by atoms with E-state index >= 15 is 0 Å². The summed E-state index contributed by atoms with van der Waals surface area (Å²) in [4.78, 5) is 4.15. The molecule has 1 radical (unpaired) electrons. The number of aromatic nitrogens is 1. The van der Waals surface area contributed by atoms with Crippen molar-refractivity contribution in [2.75, 3.05) is 0 Å². The Morgan fingerprint density at radius 2 is 2.07 bits per heavy atom. The minimum Gasteiger partial charge on any atom is -0.256 e. The van der Waals surface area contributed by atoms with Crippen LogP contribution in [0.2, 0.25) is 0 Å². The number of hydrogen-bond donors (Lipinski definition) is 0. The lowest BCUT2D eigenvalue weighted by atomic mass is 10.1. The fourth-order valence-electron chi connectivity index (χ4n) is 1.28. The molecule has 0 aliphatic rings. The summed E-state index contributed by atoms with van der Waals surface area (Å²) in [5.74, 6) is 0. The molecular formula is C12H7N2. The largest absolute Gasteiger partial charge is 0.256 e. The quantitative estimate of drug-likeness (QED) is 0.674. The third-order valence-electron chi connectivity index (χ3n) is 1.94. The van der Waals surface area contributed by atoms with E-state index in [9.17, 15) is 0 Å². The molecule has 0 atom stereocenters. The van der Waals surface area contributed by atoms with Gasteiger partial charge in [0.1, 0.15) is 0 Å². The molecule has 0 bridgehead atoms. The van der Waals surface area contributed by atoms with Crippen LogP contribution in [-0.2, 0) is 0 Å². The van der Waals surface area contributed by atoms with Crippen molar-refractivity contribution in [2.24, 2.45) is 0 Å². The van der Waals surface area contributed by atoms with Crippen molar-refractivity contribution in [2.45, 2.75) is 0 Å². The van der Waals surface area contributed by atoms with E-state index in [0.29, 0.717) is 5.56 Å². The van der Waals surface area contributed by atoms with Crippen LogP contribution in [0.25, 0.3) is 11.3 Å². The highest BCUT2D eigenvalue weighted by atomic mass is 14.7. The van der Waals surface area contributed by atoms with E-state index in [2.05, 4.69) is 17.1 Å². The van der Waals surface area contributed by atoms with Gasteiger partial charge >= 0.3 is 0 Å². The highest BCUT2D eigenvalue weighted by Gasteiger charge is 2.03. The molecule has 14 heavy (non-hydrogen) atoms. The summed E-state index contributed by atoms with van der Waals surface area (Å²) >= 11 is 0. The fraction of sp³-hybridized carbons (Fsp3) is 0. The maximum absolute atomic E-state index is 8.89. The first-order valence-corrected chi connectivity index (χ1v) is 4.23. The molecular weight excluding hydrogens is 172 g/mol. The van der Waals surface area contributed by atoms with Gasteiger partial charge in [-0.1, -0.05) is 24.3 Å².